The number of benzene rings is 2. The van der Waals surface area contributed by atoms with E-state index in [-0.39, 0.29) is 5.56 Å². The first-order valence-corrected chi connectivity index (χ1v) is 6.19. The summed E-state index contributed by atoms with van der Waals surface area (Å²) < 4.78 is 10.4. The fourth-order valence-corrected chi connectivity index (χ4v) is 2.13. The van der Waals surface area contributed by atoms with Gasteiger partial charge in [-0.3, -0.25) is 0 Å². The molecule has 0 aromatic heterocycles. The number of carboxylic acids is 1. The molecule has 2 rings (SSSR count). The monoisotopic (exact) mass is 292 g/mol. The molecule has 0 saturated heterocycles. The Morgan fingerprint density at radius 1 is 1.00 bits per heavy atom. The largest absolute Gasteiger partial charge is 0.493 e. The molecule has 0 unspecified atom stereocenters. The van der Waals surface area contributed by atoms with Gasteiger partial charge in [-0.05, 0) is 41.5 Å². The highest BCUT2D eigenvalue weighted by Gasteiger charge is 2.10. The fraction of sp³-hybridized carbons (Fsp3) is 0.133. The van der Waals surface area contributed by atoms with E-state index in [1.165, 1.54) is 6.07 Å². The Morgan fingerprint density at radius 2 is 1.70 bits per heavy atom. The molecule has 0 amide bonds. The van der Waals surface area contributed by atoms with Crippen molar-refractivity contribution in [3.05, 3.63) is 47.0 Å². The van der Waals surface area contributed by atoms with Crippen molar-refractivity contribution in [3.63, 3.8) is 0 Å². The molecular formula is C15H13ClO4. The van der Waals surface area contributed by atoms with Gasteiger partial charge in [0, 0.05) is 5.02 Å². The number of aromatic carboxylic acids is 1. The summed E-state index contributed by atoms with van der Waals surface area (Å²) in [7, 11) is 3.10. The Hall–Kier alpha value is -2.20. The van der Waals surface area contributed by atoms with Crippen LogP contribution in [0, 0.1) is 0 Å². The molecule has 0 radical (unpaired) electrons. The molecule has 0 aliphatic carbocycles. The Kier molecular flexibility index (Phi) is 4.15. The lowest BCUT2D eigenvalue weighted by Gasteiger charge is -2.10. The van der Waals surface area contributed by atoms with E-state index >= 15 is 0 Å². The molecule has 2 aromatic rings. The first-order chi connectivity index (χ1) is 9.55. The maximum Gasteiger partial charge on any atom is 0.335 e. The van der Waals surface area contributed by atoms with Crippen LogP contribution in [0.3, 0.4) is 0 Å². The molecule has 0 bridgehead atoms. The number of carboxylic acid groups (broad SMARTS) is 1. The van der Waals surface area contributed by atoms with Gasteiger partial charge in [0.1, 0.15) is 0 Å². The van der Waals surface area contributed by atoms with Gasteiger partial charge >= 0.3 is 5.97 Å². The average Bonchev–Trinajstić information content (AvgIpc) is 2.45. The standard InChI is InChI=1S/C15H13ClO4/c1-19-13-4-3-9(8-14(13)20-2)10-5-11(15(17)18)7-12(16)6-10/h3-8H,1-2H3,(H,17,18). The molecule has 0 atom stereocenters. The van der Waals surface area contributed by atoms with E-state index in [1.807, 2.05) is 6.07 Å². The van der Waals surface area contributed by atoms with Crippen LogP contribution >= 0.6 is 11.6 Å². The van der Waals surface area contributed by atoms with Crippen LogP contribution < -0.4 is 9.47 Å². The lowest BCUT2D eigenvalue weighted by atomic mass is 10.0. The topological polar surface area (TPSA) is 55.8 Å². The van der Waals surface area contributed by atoms with Crippen molar-refractivity contribution >= 4 is 17.6 Å². The number of rotatable bonds is 4. The predicted molar refractivity (Wildman–Crippen MR) is 77.0 cm³/mol. The molecule has 0 aliphatic heterocycles. The zero-order valence-corrected chi connectivity index (χ0v) is 11.8. The van der Waals surface area contributed by atoms with Crippen LogP contribution in [0.15, 0.2) is 36.4 Å². The highest BCUT2D eigenvalue weighted by atomic mass is 35.5. The first-order valence-electron chi connectivity index (χ1n) is 5.81. The summed E-state index contributed by atoms with van der Waals surface area (Å²) in [5, 5.41) is 9.43. The average molecular weight is 293 g/mol. The van der Waals surface area contributed by atoms with Crippen LogP contribution in [-0.4, -0.2) is 25.3 Å². The minimum absolute atomic E-state index is 0.141. The van der Waals surface area contributed by atoms with Crippen LogP contribution in [0.1, 0.15) is 10.4 Å². The van der Waals surface area contributed by atoms with Crippen LogP contribution in [-0.2, 0) is 0 Å². The summed E-state index contributed by atoms with van der Waals surface area (Å²) in [6, 6.07) is 10.0. The van der Waals surface area contributed by atoms with Gasteiger partial charge in [-0.15, -0.1) is 0 Å². The molecule has 2 aromatic carbocycles. The number of methoxy groups -OCH3 is 2. The van der Waals surface area contributed by atoms with Crippen LogP contribution in [0.5, 0.6) is 11.5 Å². The van der Waals surface area contributed by atoms with E-state index in [0.29, 0.717) is 22.1 Å². The van der Waals surface area contributed by atoms with Crippen molar-refractivity contribution in [3.8, 4) is 22.6 Å². The van der Waals surface area contributed by atoms with E-state index < -0.39 is 5.97 Å². The van der Waals surface area contributed by atoms with Gasteiger partial charge in [0.25, 0.3) is 0 Å². The van der Waals surface area contributed by atoms with Gasteiger partial charge in [0.05, 0.1) is 19.8 Å². The normalized spacial score (nSPS) is 10.2. The van der Waals surface area contributed by atoms with E-state index in [4.69, 9.17) is 26.2 Å². The molecule has 0 saturated carbocycles. The van der Waals surface area contributed by atoms with Crippen LogP contribution in [0.4, 0.5) is 0 Å². The van der Waals surface area contributed by atoms with E-state index in [9.17, 15) is 4.79 Å². The SMILES string of the molecule is COc1ccc(-c2cc(Cl)cc(C(=O)O)c2)cc1OC. The lowest BCUT2D eigenvalue weighted by molar-refractivity contribution is 0.0697. The molecule has 1 N–H and O–H groups in total. The zero-order chi connectivity index (χ0) is 14.7. The summed E-state index contributed by atoms with van der Waals surface area (Å²) in [5.74, 6) is 0.160. The molecule has 0 fully saturated rings. The van der Waals surface area contributed by atoms with Crippen molar-refractivity contribution in [2.75, 3.05) is 14.2 Å². The molecule has 20 heavy (non-hydrogen) atoms. The van der Waals surface area contributed by atoms with Gasteiger partial charge in [-0.2, -0.15) is 0 Å². The quantitative estimate of drug-likeness (QED) is 0.933. The van der Waals surface area contributed by atoms with Crippen molar-refractivity contribution in [1.29, 1.82) is 0 Å². The Labute approximate surface area is 121 Å². The third-order valence-corrected chi connectivity index (χ3v) is 3.08. The second-order valence-electron chi connectivity index (χ2n) is 4.10. The summed E-state index contributed by atoms with van der Waals surface area (Å²) in [4.78, 5) is 11.1. The first kappa shape index (κ1) is 14.2. The van der Waals surface area contributed by atoms with Gasteiger partial charge in [-0.1, -0.05) is 17.7 Å². The fourth-order valence-electron chi connectivity index (χ4n) is 1.90. The summed E-state index contributed by atoms with van der Waals surface area (Å²) in [5.41, 5.74) is 1.64. The van der Waals surface area contributed by atoms with Crippen molar-refractivity contribution in [2.45, 2.75) is 0 Å². The van der Waals surface area contributed by atoms with E-state index in [0.717, 1.165) is 5.56 Å². The number of carbonyl (C=O) groups is 1. The van der Waals surface area contributed by atoms with Crippen LogP contribution in [0.25, 0.3) is 11.1 Å². The third kappa shape index (κ3) is 2.86. The molecule has 0 heterocycles. The highest BCUT2D eigenvalue weighted by molar-refractivity contribution is 6.31. The molecule has 4 nitrogen and oxygen atoms in total. The second-order valence-corrected chi connectivity index (χ2v) is 4.54. The number of halogens is 1. The maximum absolute atomic E-state index is 11.1. The second kappa shape index (κ2) is 5.84. The Morgan fingerprint density at radius 3 is 2.30 bits per heavy atom. The molecule has 104 valence electrons. The maximum atomic E-state index is 11.1. The lowest BCUT2D eigenvalue weighted by Crippen LogP contribution is -1.96. The van der Waals surface area contributed by atoms with Gasteiger partial charge in [0.15, 0.2) is 11.5 Å². The van der Waals surface area contributed by atoms with Crippen molar-refractivity contribution in [1.82, 2.24) is 0 Å². The summed E-state index contributed by atoms with van der Waals surface area (Å²) in [6.07, 6.45) is 0. The number of ether oxygens (including phenoxy) is 2. The summed E-state index contributed by atoms with van der Waals surface area (Å²) in [6.45, 7) is 0. The van der Waals surface area contributed by atoms with Crippen molar-refractivity contribution in [2.24, 2.45) is 0 Å². The van der Waals surface area contributed by atoms with Gasteiger partial charge in [0.2, 0.25) is 0 Å². The van der Waals surface area contributed by atoms with E-state index in [2.05, 4.69) is 0 Å². The minimum Gasteiger partial charge on any atom is -0.493 e. The molecular weight excluding hydrogens is 280 g/mol. The predicted octanol–water partition coefficient (Wildman–Crippen LogP) is 3.72. The highest BCUT2D eigenvalue weighted by Crippen LogP contribution is 2.33. The third-order valence-electron chi connectivity index (χ3n) is 2.86. The minimum atomic E-state index is -1.02. The number of hydrogen-bond acceptors (Lipinski definition) is 3. The van der Waals surface area contributed by atoms with E-state index in [1.54, 1.807) is 38.5 Å². The zero-order valence-electron chi connectivity index (χ0n) is 11.0. The van der Waals surface area contributed by atoms with Crippen LogP contribution in [0.2, 0.25) is 5.02 Å². The van der Waals surface area contributed by atoms with Gasteiger partial charge in [-0.25, -0.2) is 4.79 Å². The Bertz CT molecular complexity index is 652. The van der Waals surface area contributed by atoms with Gasteiger partial charge < -0.3 is 14.6 Å². The molecule has 5 heteroatoms. The molecule has 0 aliphatic rings. The summed E-state index contributed by atoms with van der Waals surface area (Å²) >= 11 is 5.96. The number of hydrogen-bond donors (Lipinski definition) is 1. The van der Waals surface area contributed by atoms with Crippen molar-refractivity contribution < 1.29 is 19.4 Å². The smallest absolute Gasteiger partial charge is 0.335 e. The molecule has 0 spiro atoms. The Balaban J connectivity index is 2.53.